The number of carboxylic acid groups (broad SMARTS) is 1. The highest BCUT2D eigenvalue weighted by molar-refractivity contribution is 5.96. The monoisotopic (exact) mass is 1620 g/mol. The van der Waals surface area contributed by atoms with Gasteiger partial charge in [-0.3, -0.25) is 33.6 Å². The molecule has 6 aliphatic rings. The van der Waals surface area contributed by atoms with Gasteiger partial charge in [-0.2, -0.15) is 24.9 Å². The van der Waals surface area contributed by atoms with Crippen LogP contribution in [0.1, 0.15) is 120 Å². The fourth-order valence-corrected chi connectivity index (χ4v) is 14.5. The number of carbonyl (C=O) groups is 9. The summed E-state index contributed by atoms with van der Waals surface area (Å²) in [6, 6.07) is 32.5. The molecular formula is C86H105N9O22. The highest BCUT2D eigenvalue weighted by Crippen LogP contribution is 2.50. The van der Waals surface area contributed by atoms with E-state index in [4.69, 9.17) is 47.4 Å². The molecule has 6 fully saturated rings. The van der Waals surface area contributed by atoms with E-state index in [-0.39, 0.29) is 93.4 Å². The molecule has 0 radical (unpaired) electrons. The quantitative estimate of drug-likeness (QED) is 0.0151. The SMILES string of the molecule is C=C[C@@H]1C[C@]1(NC(=O)[C@@H]1C[C@@H](Oc2cc(OC)nc(-c3ccccc3)n2)C[C@H]1C(=O)O)C(=O)OCC.C=C[C@@H]1C[C@]1(NC(=O)[C@@H]1C[C@@H](Oc2cc(OC)nc(-c3ccccc3)n2)C[C@H]1C(=O)OC(C)(C)C)C(=O)OCC.C=C[C@@H]1C[C@]1(NC(=O)[C@@H]1C[C@H](O)C[C@H]1C(=O)OC(C)(C)C)C(=O)OCC.COc1cc(=O)[nH]c(-c2ccccc2)n1. The summed E-state index contributed by atoms with van der Waals surface area (Å²) in [5.74, 6) is -7.88. The zero-order valence-corrected chi connectivity index (χ0v) is 68.0. The number of aliphatic carboxylic acids is 1. The summed E-state index contributed by atoms with van der Waals surface area (Å²) >= 11 is 0. The van der Waals surface area contributed by atoms with Crippen LogP contribution in [0.5, 0.6) is 29.4 Å². The van der Waals surface area contributed by atoms with Gasteiger partial charge in [-0.1, -0.05) is 109 Å². The number of H-pyrrole nitrogens is 1. The normalized spacial score (nSPS) is 25.5. The fraction of sp³-hybridized carbons (Fsp3) is 0.477. The Labute approximate surface area is 678 Å². The van der Waals surface area contributed by atoms with Gasteiger partial charge in [0, 0.05) is 34.4 Å². The molecule has 3 aromatic heterocycles. The number of hydrogen-bond donors (Lipinski definition) is 6. The lowest BCUT2D eigenvalue weighted by molar-refractivity contribution is -0.164. The lowest BCUT2D eigenvalue weighted by atomic mass is 9.94. The lowest BCUT2D eigenvalue weighted by Crippen LogP contribution is -2.49. The van der Waals surface area contributed by atoms with Gasteiger partial charge in [0.15, 0.2) is 11.6 Å². The number of aliphatic hydroxyl groups is 1. The number of nitrogens with zero attached hydrogens (tertiary/aromatic N) is 5. The number of rotatable bonds is 28. The molecule has 117 heavy (non-hydrogen) atoms. The maximum Gasteiger partial charge on any atom is 0.332 e. The average molecular weight is 1620 g/mol. The lowest BCUT2D eigenvalue weighted by Gasteiger charge is -2.26. The molecule has 15 atom stereocenters. The van der Waals surface area contributed by atoms with Crippen LogP contribution in [-0.2, 0) is 66.8 Å². The predicted molar refractivity (Wildman–Crippen MR) is 425 cm³/mol. The summed E-state index contributed by atoms with van der Waals surface area (Å²) in [6.07, 6.45) is 5.22. The van der Waals surface area contributed by atoms with Crippen LogP contribution < -0.4 is 45.2 Å². The second-order valence-corrected chi connectivity index (χ2v) is 31.2. The molecule has 12 rings (SSSR count). The van der Waals surface area contributed by atoms with Crippen molar-refractivity contribution in [3.8, 4) is 63.6 Å². The number of hydrogen-bond acceptors (Lipinski definition) is 26. The van der Waals surface area contributed by atoms with Gasteiger partial charge in [0.05, 0.1) is 101 Å². The van der Waals surface area contributed by atoms with E-state index in [0.29, 0.717) is 54.4 Å². The third-order valence-electron chi connectivity index (χ3n) is 20.6. The minimum atomic E-state index is -1.19. The van der Waals surface area contributed by atoms with Crippen molar-refractivity contribution in [1.29, 1.82) is 0 Å². The maximum absolute atomic E-state index is 13.6. The molecule has 6 N–H and O–H groups in total. The summed E-state index contributed by atoms with van der Waals surface area (Å²) in [7, 11) is 4.46. The van der Waals surface area contributed by atoms with Crippen LogP contribution in [-0.4, -0.2) is 181 Å². The molecule has 0 bridgehead atoms. The van der Waals surface area contributed by atoms with E-state index in [9.17, 15) is 58.2 Å². The van der Waals surface area contributed by atoms with Crippen molar-refractivity contribution in [2.75, 3.05) is 41.2 Å². The number of amides is 3. The summed E-state index contributed by atoms with van der Waals surface area (Å²) < 4.78 is 54.3. The minimum absolute atomic E-state index is 0.109. The van der Waals surface area contributed by atoms with Gasteiger partial charge in [-0.15, -0.1) is 19.7 Å². The van der Waals surface area contributed by atoms with Crippen LogP contribution in [0.3, 0.4) is 0 Å². The van der Waals surface area contributed by atoms with Crippen molar-refractivity contribution in [2.24, 2.45) is 53.3 Å². The van der Waals surface area contributed by atoms with Crippen molar-refractivity contribution < 1.29 is 101 Å². The molecular weight excluding hydrogens is 1510 g/mol. The Kier molecular flexibility index (Phi) is 29.5. The number of aliphatic hydroxyl groups excluding tert-OH is 1. The van der Waals surface area contributed by atoms with Gasteiger partial charge in [0.2, 0.25) is 47.1 Å². The fourth-order valence-electron chi connectivity index (χ4n) is 14.5. The molecule has 3 aromatic carbocycles. The number of carbonyl (C=O) groups excluding carboxylic acids is 8. The Hall–Kier alpha value is -11.9. The van der Waals surface area contributed by atoms with E-state index in [0.717, 1.165) is 16.7 Å². The Balaban J connectivity index is 0.000000187. The Morgan fingerprint density at radius 3 is 1.12 bits per heavy atom. The molecule has 3 heterocycles. The first kappa shape index (κ1) is 89.0. The van der Waals surface area contributed by atoms with E-state index in [1.165, 1.54) is 33.5 Å². The summed E-state index contributed by atoms with van der Waals surface area (Å²) in [5.41, 5.74) is -2.71. The van der Waals surface area contributed by atoms with Crippen LogP contribution in [0, 0.1) is 53.3 Å². The van der Waals surface area contributed by atoms with E-state index < -0.39 is 135 Å². The van der Waals surface area contributed by atoms with E-state index in [2.05, 4.69) is 65.6 Å². The maximum atomic E-state index is 13.6. The van der Waals surface area contributed by atoms with Crippen molar-refractivity contribution in [2.45, 2.75) is 166 Å². The molecule has 31 heteroatoms. The van der Waals surface area contributed by atoms with Gasteiger partial charge in [0.25, 0.3) is 5.56 Å². The Morgan fingerprint density at radius 1 is 0.462 bits per heavy atom. The highest BCUT2D eigenvalue weighted by atomic mass is 16.6. The topological polar surface area (TPSA) is 420 Å². The van der Waals surface area contributed by atoms with Crippen LogP contribution >= 0.6 is 0 Å². The second kappa shape index (κ2) is 38.7. The second-order valence-electron chi connectivity index (χ2n) is 31.2. The van der Waals surface area contributed by atoms with Crippen molar-refractivity contribution in [3.05, 3.63) is 158 Å². The van der Waals surface area contributed by atoms with Crippen LogP contribution in [0.4, 0.5) is 0 Å². The Bertz CT molecular complexity index is 4630. The average Bonchev–Trinajstić information content (AvgIpc) is 1.59. The molecule has 0 aliphatic heterocycles. The summed E-state index contributed by atoms with van der Waals surface area (Å²) in [4.78, 5) is 151. The van der Waals surface area contributed by atoms with Gasteiger partial charge in [0.1, 0.15) is 45.9 Å². The summed E-state index contributed by atoms with van der Waals surface area (Å²) in [6.45, 7) is 27.4. The van der Waals surface area contributed by atoms with Gasteiger partial charge >= 0.3 is 35.8 Å². The molecule has 0 spiro atoms. The molecule has 31 nitrogen and oxygen atoms in total. The number of esters is 5. The predicted octanol–water partition coefficient (Wildman–Crippen LogP) is 9.31. The molecule has 0 unspecified atom stereocenters. The number of ether oxygens (including phenoxy) is 10. The third kappa shape index (κ3) is 22.6. The van der Waals surface area contributed by atoms with E-state index in [1.807, 2.05) is 91.0 Å². The number of nitrogens with one attached hydrogen (secondary N) is 4. The molecule has 6 saturated carbocycles. The van der Waals surface area contributed by atoms with Gasteiger partial charge in [-0.05, 0) is 120 Å². The number of aromatic amines is 1. The van der Waals surface area contributed by atoms with Gasteiger partial charge < -0.3 is 78.5 Å². The van der Waals surface area contributed by atoms with E-state index >= 15 is 0 Å². The van der Waals surface area contributed by atoms with E-state index in [1.54, 1.807) is 86.6 Å². The van der Waals surface area contributed by atoms with Crippen LogP contribution in [0.25, 0.3) is 34.2 Å². The first-order valence-electron chi connectivity index (χ1n) is 38.9. The largest absolute Gasteiger partial charge is 0.481 e. The molecule has 6 aliphatic carbocycles. The zero-order chi connectivity index (χ0) is 85.3. The van der Waals surface area contributed by atoms with Crippen molar-refractivity contribution in [3.63, 3.8) is 0 Å². The van der Waals surface area contributed by atoms with Crippen molar-refractivity contribution in [1.82, 2.24) is 45.9 Å². The number of carboxylic acids is 1. The van der Waals surface area contributed by atoms with Gasteiger partial charge in [-0.25, -0.2) is 14.4 Å². The zero-order valence-electron chi connectivity index (χ0n) is 68.0. The smallest absolute Gasteiger partial charge is 0.332 e. The number of methoxy groups -OCH3 is 3. The molecule has 6 aromatic rings. The summed E-state index contributed by atoms with van der Waals surface area (Å²) in [5, 5.41) is 28.2. The highest BCUT2D eigenvalue weighted by Gasteiger charge is 2.65. The molecule has 3 amide bonds. The number of benzene rings is 3. The Morgan fingerprint density at radius 2 is 0.778 bits per heavy atom. The standard InChI is InChI=1S/C30H37N3O7.C26H29N3O7.C19H29NO6.C11H10N2O2/c1-7-19-17-30(19,28(36)38-8-2)33-26(34)21-14-20(15-22(21)27(35)40-29(3,4)5)39-24-16-23(37-6)31-25(32-24)18-12-10-9-11-13-18;1-4-16-14-26(16,25(33)35-5-2)29-23(30)18-11-17(12-19(18)24(31)32)36-21-13-20(34-3)27-22(28-21)15-9-7-6-8-10-15;1-6-11-10-19(11,17(24)25-7-2)20-15(22)13-8-12(21)9-14(13)16(23)26-18(3,4)5;1-15-10-7-9(14)12-11(13-10)8-5-3-2-4-6-8/h7,9-13,16,19-22H,1,8,14-15,17H2,2-6H3,(H,33,34);4,6-10,13,16-19H,1,5,11-12,14H2,2-3H3,(H,29,30)(H,31,32);6,11-14,21H,1,7-10H2,2-5H3,(H,20,22);2-7H,1H3,(H,12,13,14)/t19-,20-,21-,22-,30-;16-,17-,18-,19-,26-;11-,12+,13-,14-,19-;/m111./s1. The van der Waals surface area contributed by atoms with Crippen molar-refractivity contribution >= 4 is 53.5 Å². The first-order valence-corrected chi connectivity index (χ1v) is 38.9. The molecule has 626 valence electrons. The number of aromatic nitrogens is 6. The van der Waals surface area contributed by atoms with Crippen LogP contribution in [0.2, 0.25) is 0 Å². The van der Waals surface area contributed by atoms with Crippen LogP contribution in [0.15, 0.2) is 152 Å². The molecule has 0 saturated heterocycles. The third-order valence-corrected chi connectivity index (χ3v) is 20.6. The minimum Gasteiger partial charge on any atom is -0.481 e. The first-order chi connectivity index (χ1) is 55.6.